The van der Waals surface area contributed by atoms with Crippen LogP contribution in [0.4, 0.5) is 0 Å². The molecule has 2 aromatic carbocycles. The SMILES string of the molecule is Cc1ccc(C(=O)NNC(=O)CSc2nnc(C(C)N(C)C)n2-c2ccc(Cl)cc2)cc1. The summed E-state index contributed by atoms with van der Waals surface area (Å²) >= 11 is 7.27. The fraction of sp³-hybridized carbons (Fsp3) is 0.273. The predicted molar refractivity (Wildman–Crippen MR) is 126 cm³/mol. The first kappa shape index (κ1) is 23.8. The van der Waals surface area contributed by atoms with Crippen molar-refractivity contribution in [2.45, 2.75) is 25.0 Å². The highest BCUT2D eigenvalue weighted by molar-refractivity contribution is 7.99. The van der Waals surface area contributed by atoms with E-state index in [4.69, 9.17) is 11.6 Å². The molecule has 0 aliphatic rings. The molecule has 0 fully saturated rings. The van der Waals surface area contributed by atoms with E-state index in [1.165, 1.54) is 11.8 Å². The van der Waals surface area contributed by atoms with Gasteiger partial charge in [0.1, 0.15) is 0 Å². The van der Waals surface area contributed by atoms with Crippen molar-refractivity contribution < 1.29 is 9.59 Å². The van der Waals surface area contributed by atoms with Crippen LogP contribution < -0.4 is 10.9 Å². The molecule has 8 nitrogen and oxygen atoms in total. The Kier molecular flexibility index (Phi) is 7.89. The highest BCUT2D eigenvalue weighted by atomic mass is 35.5. The van der Waals surface area contributed by atoms with Crippen molar-refractivity contribution in [2.75, 3.05) is 19.8 Å². The number of aromatic nitrogens is 3. The summed E-state index contributed by atoms with van der Waals surface area (Å²) in [6, 6.07) is 14.4. The minimum Gasteiger partial charge on any atom is -0.300 e. The summed E-state index contributed by atoms with van der Waals surface area (Å²) in [5, 5.41) is 9.83. The first-order chi connectivity index (χ1) is 15.3. The third kappa shape index (κ3) is 5.87. The van der Waals surface area contributed by atoms with E-state index in [-0.39, 0.29) is 23.6 Å². The molecule has 1 atom stereocenters. The Morgan fingerprint density at radius 1 is 1.06 bits per heavy atom. The molecule has 0 saturated heterocycles. The number of nitrogens with zero attached hydrogens (tertiary/aromatic N) is 4. The Labute approximate surface area is 196 Å². The predicted octanol–water partition coefficient (Wildman–Crippen LogP) is 3.41. The van der Waals surface area contributed by atoms with Gasteiger partial charge in [0.2, 0.25) is 5.91 Å². The molecule has 10 heteroatoms. The van der Waals surface area contributed by atoms with Crippen LogP contribution in [0, 0.1) is 6.92 Å². The lowest BCUT2D eigenvalue weighted by atomic mass is 10.1. The van der Waals surface area contributed by atoms with E-state index < -0.39 is 0 Å². The van der Waals surface area contributed by atoms with Crippen molar-refractivity contribution in [3.8, 4) is 5.69 Å². The van der Waals surface area contributed by atoms with Crippen molar-refractivity contribution in [3.63, 3.8) is 0 Å². The molecule has 168 valence electrons. The van der Waals surface area contributed by atoms with E-state index in [0.29, 0.717) is 15.7 Å². The van der Waals surface area contributed by atoms with Gasteiger partial charge >= 0.3 is 0 Å². The van der Waals surface area contributed by atoms with E-state index in [0.717, 1.165) is 17.1 Å². The highest BCUT2D eigenvalue weighted by Gasteiger charge is 2.21. The topological polar surface area (TPSA) is 92.2 Å². The average Bonchev–Trinajstić information content (AvgIpc) is 3.20. The monoisotopic (exact) mass is 472 g/mol. The zero-order valence-corrected chi connectivity index (χ0v) is 19.9. The van der Waals surface area contributed by atoms with E-state index >= 15 is 0 Å². The standard InChI is InChI=1S/C22H25ClN6O2S/c1-14-5-7-16(8-6-14)21(31)26-24-19(30)13-32-22-27-25-20(15(2)28(3)4)29(22)18-11-9-17(23)10-12-18/h5-12,15H,13H2,1-4H3,(H,24,30)(H,26,31). The normalized spacial score (nSPS) is 11.9. The van der Waals surface area contributed by atoms with Gasteiger partial charge in [-0.25, -0.2) is 0 Å². The molecule has 0 saturated carbocycles. The number of hydrazine groups is 1. The summed E-state index contributed by atoms with van der Waals surface area (Å²) in [5.74, 6) is 0.0574. The van der Waals surface area contributed by atoms with Gasteiger partial charge in [0.15, 0.2) is 11.0 Å². The zero-order valence-electron chi connectivity index (χ0n) is 18.3. The summed E-state index contributed by atoms with van der Waals surface area (Å²) in [5.41, 5.74) is 7.23. The Morgan fingerprint density at radius 3 is 2.34 bits per heavy atom. The first-order valence-electron chi connectivity index (χ1n) is 9.92. The average molecular weight is 473 g/mol. The summed E-state index contributed by atoms with van der Waals surface area (Å²) < 4.78 is 1.91. The molecule has 1 unspecified atom stereocenters. The number of thioether (sulfide) groups is 1. The van der Waals surface area contributed by atoms with Crippen molar-refractivity contribution in [3.05, 3.63) is 70.5 Å². The van der Waals surface area contributed by atoms with Crippen LogP contribution in [0.15, 0.2) is 53.7 Å². The molecule has 2 amide bonds. The van der Waals surface area contributed by atoms with E-state index in [9.17, 15) is 9.59 Å². The molecule has 0 aliphatic carbocycles. The summed E-state index contributed by atoms with van der Waals surface area (Å²) in [6.07, 6.45) is 0. The number of carbonyl (C=O) groups excluding carboxylic acids is 2. The number of hydrogen-bond donors (Lipinski definition) is 2. The second-order valence-electron chi connectivity index (χ2n) is 7.45. The van der Waals surface area contributed by atoms with Crippen LogP contribution in [0.5, 0.6) is 0 Å². The van der Waals surface area contributed by atoms with Crippen LogP contribution in [-0.4, -0.2) is 51.3 Å². The van der Waals surface area contributed by atoms with Gasteiger partial charge in [-0.1, -0.05) is 41.1 Å². The maximum absolute atomic E-state index is 12.3. The van der Waals surface area contributed by atoms with E-state index in [2.05, 4.69) is 21.0 Å². The largest absolute Gasteiger partial charge is 0.300 e. The Hall–Kier alpha value is -2.88. The van der Waals surface area contributed by atoms with Crippen LogP contribution in [-0.2, 0) is 4.79 Å². The van der Waals surface area contributed by atoms with Gasteiger partial charge in [0.25, 0.3) is 5.91 Å². The molecule has 0 bridgehead atoms. The molecule has 0 radical (unpaired) electrons. The molecular weight excluding hydrogens is 448 g/mol. The lowest BCUT2D eigenvalue weighted by Gasteiger charge is -2.20. The molecule has 1 heterocycles. The number of carbonyl (C=O) groups is 2. The van der Waals surface area contributed by atoms with Gasteiger partial charge in [-0.05, 0) is 64.3 Å². The number of aryl methyl sites for hydroxylation is 1. The van der Waals surface area contributed by atoms with Crippen LogP contribution in [0.25, 0.3) is 5.69 Å². The highest BCUT2D eigenvalue weighted by Crippen LogP contribution is 2.27. The molecule has 2 N–H and O–H groups in total. The van der Waals surface area contributed by atoms with Crippen molar-refractivity contribution >= 4 is 35.2 Å². The van der Waals surface area contributed by atoms with Gasteiger partial charge in [-0.2, -0.15) is 0 Å². The fourth-order valence-corrected chi connectivity index (χ4v) is 3.66. The molecule has 3 aromatic rings. The summed E-state index contributed by atoms with van der Waals surface area (Å²) in [7, 11) is 3.92. The number of halogens is 1. The van der Waals surface area contributed by atoms with Gasteiger partial charge in [-0.3, -0.25) is 29.9 Å². The smallest absolute Gasteiger partial charge is 0.269 e. The number of amides is 2. The van der Waals surface area contributed by atoms with Crippen molar-refractivity contribution in [1.29, 1.82) is 0 Å². The lowest BCUT2D eigenvalue weighted by Crippen LogP contribution is -2.42. The Bertz CT molecular complexity index is 1080. The minimum absolute atomic E-state index is 0.00449. The molecule has 0 aliphatic heterocycles. The lowest BCUT2D eigenvalue weighted by molar-refractivity contribution is -0.119. The second-order valence-corrected chi connectivity index (χ2v) is 8.83. The summed E-state index contributed by atoms with van der Waals surface area (Å²) in [6.45, 7) is 3.96. The maximum Gasteiger partial charge on any atom is 0.269 e. The third-order valence-corrected chi connectivity index (χ3v) is 6.03. The van der Waals surface area contributed by atoms with E-state index in [1.54, 1.807) is 24.3 Å². The van der Waals surface area contributed by atoms with Crippen LogP contribution in [0.3, 0.4) is 0 Å². The van der Waals surface area contributed by atoms with Gasteiger partial charge < -0.3 is 0 Å². The van der Waals surface area contributed by atoms with Crippen molar-refractivity contribution in [1.82, 2.24) is 30.5 Å². The maximum atomic E-state index is 12.3. The second kappa shape index (κ2) is 10.6. The van der Waals surface area contributed by atoms with Crippen LogP contribution in [0.1, 0.15) is 34.7 Å². The molecule has 1 aromatic heterocycles. The Balaban J connectivity index is 1.68. The third-order valence-electron chi connectivity index (χ3n) is 4.85. The number of rotatable bonds is 7. The van der Waals surface area contributed by atoms with Crippen LogP contribution in [0.2, 0.25) is 5.02 Å². The number of nitrogens with one attached hydrogen (secondary N) is 2. The Morgan fingerprint density at radius 2 is 1.72 bits per heavy atom. The van der Waals surface area contributed by atoms with E-state index in [1.807, 2.05) is 61.7 Å². The van der Waals surface area contributed by atoms with Gasteiger partial charge in [-0.15, -0.1) is 10.2 Å². The number of benzene rings is 2. The van der Waals surface area contributed by atoms with Crippen LogP contribution >= 0.6 is 23.4 Å². The fourth-order valence-electron chi connectivity index (χ4n) is 2.78. The molecule has 0 spiro atoms. The molecule has 32 heavy (non-hydrogen) atoms. The zero-order chi connectivity index (χ0) is 23.3. The molecule has 3 rings (SSSR count). The van der Waals surface area contributed by atoms with Gasteiger partial charge in [0, 0.05) is 16.3 Å². The number of hydrogen-bond acceptors (Lipinski definition) is 6. The first-order valence-corrected chi connectivity index (χ1v) is 11.3. The minimum atomic E-state index is -0.380. The van der Waals surface area contributed by atoms with Crippen molar-refractivity contribution in [2.24, 2.45) is 0 Å². The molecular formula is C22H25ClN6O2S. The summed E-state index contributed by atoms with van der Waals surface area (Å²) in [4.78, 5) is 26.5. The quantitative estimate of drug-likeness (QED) is 0.404. The van der Waals surface area contributed by atoms with Gasteiger partial charge in [0.05, 0.1) is 11.8 Å².